The van der Waals surface area contributed by atoms with Gasteiger partial charge in [0, 0.05) is 24.9 Å². The lowest BCUT2D eigenvalue weighted by Gasteiger charge is -2.54. The van der Waals surface area contributed by atoms with E-state index >= 15 is 0 Å². The summed E-state index contributed by atoms with van der Waals surface area (Å²) in [5, 5.41) is 8.90. The number of Topliss-reactive ketones (excluding diaryl/α,β-unsaturated/α-hetero) is 1. The third-order valence-corrected chi connectivity index (χ3v) is 5.50. The average molecular weight is 280 g/mol. The van der Waals surface area contributed by atoms with Crippen LogP contribution in [-0.4, -0.2) is 39.3 Å². The summed E-state index contributed by atoms with van der Waals surface area (Å²) >= 11 is 12.1. The predicted molar refractivity (Wildman–Crippen MR) is 64.5 cm³/mol. The summed E-state index contributed by atoms with van der Waals surface area (Å²) in [6.45, 7) is 0. The molecule has 2 aliphatic rings. The minimum Gasteiger partial charge on any atom is -0.465 e. The number of alkyl halides is 2. The van der Waals surface area contributed by atoms with Crippen molar-refractivity contribution in [3.05, 3.63) is 0 Å². The van der Waals surface area contributed by atoms with Gasteiger partial charge in [-0.05, 0) is 25.7 Å². The van der Waals surface area contributed by atoms with Crippen LogP contribution < -0.4 is 0 Å². The second-order valence-electron chi connectivity index (χ2n) is 5.08. The molecule has 6 heteroatoms. The number of carbonyl (C=O) groups is 2. The Labute approximate surface area is 110 Å². The van der Waals surface area contributed by atoms with Gasteiger partial charge < -0.3 is 10.0 Å². The first-order valence-corrected chi connectivity index (χ1v) is 6.43. The monoisotopic (exact) mass is 279 g/mol. The Morgan fingerprint density at radius 2 is 1.94 bits per heavy atom. The normalized spacial score (nSPS) is 35.5. The van der Waals surface area contributed by atoms with Gasteiger partial charge in [-0.3, -0.25) is 4.79 Å². The van der Waals surface area contributed by atoms with Crippen LogP contribution in [0.3, 0.4) is 0 Å². The van der Waals surface area contributed by atoms with Crippen LogP contribution in [0.5, 0.6) is 0 Å². The second-order valence-corrected chi connectivity index (χ2v) is 6.41. The van der Waals surface area contributed by atoms with E-state index in [1.54, 1.807) is 7.05 Å². The number of ketones is 1. The van der Waals surface area contributed by atoms with E-state index in [4.69, 9.17) is 28.3 Å². The zero-order valence-electron chi connectivity index (χ0n) is 9.58. The first-order valence-electron chi connectivity index (χ1n) is 5.67. The molecule has 0 heterocycles. The number of carboxylic acid groups (broad SMARTS) is 1. The summed E-state index contributed by atoms with van der Waals surface area (Å²) in [6.07, 6.45) is 2.39. The molecule has 0 aromatic rings. The van der Waals surface area contributed by atoms with Gasteiger partial charge in [-0.1, -0.05) is 23.2 Å². The number of rotatable bonds is 1. The molecule has 0 unspecified atom stereocenters. The quantitative estimate of drug-likeness (QED) is 0.751. The van der Waals surface area contributed by atoms with Crippen LogP contribution in [0.15, 0.2) is 0 Å². The summed E-state index contributed by atoms with van der Waals surface area (Å²) in [6, 6.07) is 0.0120. The summed E-state index contributed by atoms with van der Waals surface area (Å²) in [5.74, 6) is -0.106. The molecule has 96 valence electrons. The van der Waals surface area contributed by atoms with E-state index in [2.05, 4.69) is 0 Å². The molecule has 2 aliphatic carbocycles. The van der Waals surface area contributed by atoms with Crippen LogP contribution in [0.25, 0.3) is 0 Å². The Morgan fingerprint density at radius 1 is 1.41 bits per heavy atom. The molecule has 0 aliphatic heterocycles. The Kier molecular flexibility index (Phi) is 3.07. The maximum absolute atomic E-state index is 11.4. The third-order valence-electron chi connectivity index (χ3n) is 4.28. The lowest BCUT2D eigenvalue weighted by molar-refractivity contribution is -0.137. The van der Waals surface area contributed by atoms with Crippen molar-refractivity contribution in [3.8, 4) is 0 Å². The number of halogens is 2. The van der Waals surface area contributed by atoms with Crippen molar-refractivity contribution in [1.29, 1.82) is 0 Å². The number of amides is 1. The van der Waals surface area contributed by atoms with Gasteiger partial charge in [-0.15, -0.1) is 0 Å². The van der Waals surface area contributed by atoms with Gasteiger partial charge in [0.2, 0.25) is 0 Å². The zero-order valence-corrected chi connectivity index (χ0v) is 11.1. The van der Waals surface area contributed by atoms with Crippen molar-refractivity contribution < 1.29 is 14.7 Å². The van der Waals surface area contributed by atoms with Gasteiger partial charge in [0.05, 0.1) is 0 Å². The summed E-state index contributed by atoms with van der Waals surface area (Å²) in [7, 11) is 1.57. The molecule has 1 spiro atoms. The summed E-state index contributed by atoms with van der Waals surface area (Å²) in [5.41, 5.74) is -0.316. The fourth-order valence-corrected chi connectivity index (χ4v) is 3.55. The molecule has 0 bridgehead atoms. The van der Waals surface area contributed by atoms with Crippen molar-refractivity contribution in [1.82, 2.24) is 4.90 Å². The highest BCUT2D eigenvalue weighted by molar-refractivity contribution is 6.61. The van der Waals surface area contributed by atoms with E-state index in [1.165, 1.54) is 4.90 Å². The maximum Gasteiger partial charge on any atom is 0.407 e. The Hall–Kier alpha value is -0.480. The molecule has 1 amide bonds. The number of hydrogen-bond donors (Lipinski definition) is 1. The van der Waals surface area contributed by atoms with Crippen molar-refractivity contribution >= 4 is 35.1 Å². The van der Waals surface area contributed by atoms with E-state index in [-0.39, 0.29) is 17.2 Å². The Bertz CT molecular complexity index is 362. The number of hydrogen-bond acceptors (Lipinski definition) is 2. The van der Waals surface area contributed by atoms with Gasteiger partial charge in [0.15, 0.2) is 10.1 Å². The molecule has 0 aromatic heterocycles. The van der Waals surface area contributed by atoms with Gasteiger partial charge in [-0.25, -0.2) is 4.79 Å². The van der Waals surface area contributed by atoms with Gasteiger partial charge in [0.1, 0.15) is 0 Å². The Morgan fingerprint density at radius 3 is 2.29 bits per heavy atom. The van der Waals surface area contributed by atoms with E-state index in [1.807, 2.05) is 0 Å². The van der Waals surface area contributed by atoms with Gasteiger partial charge >= 0.3 is 6.09 Å². The van der Waals surface area contributed by atoms with Crippen LogP contribution in [0.2, 0.25) is 0 Å². The molecule has 17 heavy (non-hydrogen) atoms. The fourth-order valence-electron chi connectivity index (χ4n) is 2.91. The van der Waals surface area contributed by atoms with Crippen LogP contribution in [-0.2, 0) is 4.79 Å². The standard InChI is InChI=1S/C11H15Cl2NO3/c1-14(9(16)17)7-2-4-10(5-3-7)6-8(15)11(10,12)13/h7H,2-6H2,1H3,(H,16,17). The average Bonchev–Trinajstić information content (AvgIpc) is 2.29. The van der Waals surface area contributed by atoms with E-state index in [0.29, 0.717) is 19.3 Å². The lowest BCUT2D eigenvalue weighted by Crippen LogP contribution is -2.60. The number of nitrogens with zero attached hydrogens (tertiary/aromatic N) is 1. The molecule has 4 nitrogen and oxygen atoms in total. The van der Waals surface area contributed by atoms with Crippen molar-refractivity contribution in [2.75, 3.05) is 7.05 Å². The van der Waals surface area contributed by atoms with Gasteiger partial charge in [-0.2, -0.15) is 0 Å². The molecule has 2 fully saturated rings. The molecule has 2 rings (SSSR count). The first-order chi connectivity index (χ1) is 7.80. The van der Waals surface area contributed by atoms with Crippen LogP contribution in [0.1, 0.15) is 32.1 Å². The molecular formula is C11H15Cl2NO3. The Balaban J connectivity index is 2.00. The fraction of sp³-hybridized carbons (Fsp3) is 0.818. The van der Waals surface area contributed by atoms with E-state index < -0.39 is 10.4 Å². The highest BCUT2D eigenvalue weighted by Crippen LogP contribution is 2.61. The zero-order chi connectivity index (χ0) is 12.8. The van der Waals surface area contributed by atoms with Crippen LogP contribution in [0, 0.1) is 5.41 Å². The van der Waals surface area contributed by atoms with Crippen LogP contribution in [0.4, 0.5) is 4.79 Å². The minimum absolute atomic E-state index is 0.0120. The highest BCUT2D eigenvalue weighted by atomic mass is 35.5. The second kappa shape index (κ2) is 4.02. The van der Waals surface area contributed by atoms with Gasteiger partial charge in [0.25, 0.3) is 0 Å². The number of carbonyl (C=O) groups excluding carboxylic acids is 1. The summed E-state index contributed by atoms with van der Waals surface area (Å²) in [4.78, 5) is 23.6. The van der Waals surface area contributed by atoms with E-state index in [9.17, 15) is 9.59 Å². The van der Waals surface area contributed by atoms with Crippen LogP contribution >= 0.6 is 23.2 Å². The topological polar surface area (TPSA) is 57.6 Å². The minimum atomic E-state index is -1.25. The molecule has 0 atom stereocenters. The molecular weight excluding hydrogens is 265 g/mol. The molecule has 1 N–H and O–H groups in total. The first kappa shape index (κ1) is 13.0. The smallest absolute Gasteiger partial charge is 0.407 e. The van der Waals surface area contributed by atoms with Crippen molar-refractivity contribution in [3.63, 3.8) is 0 Å². The van der Waals surface area contributed by atoms with Crippen molar-refractivity contribution in [2.45, 2.75) is 42.5 Å². The highest BCUT2D eigenvalue weighted by Gasteiger charge is 2.64. The van der Waals surface area contributed by atoms with E-state index in [0.717, 1.165) is 12.8 Å². The van der Waals surface area contributed by atoms with Crippen molar-refractivity contribution in [2.24, 2.45) is 5.41 Å². The molecule has 2 saturated carbocycles. The molecule has 0 saturated heterocycles. The molecule has 0 radical (unpaired) electrons. The maximum atomic E-state index is 11.4. The lowest BCUT2D eigenvalue weighted by atomic mass is 9.58. The largest absolute Gasteiger partial charge is 0.465 e. The third kappa shape index (κ3) is 1.82. The predicted octanol–water partition coefficient (Wildman–Crippen LogP) is 2.67. The summed E-state index contributed by atoms with van der Waals surface area (Å²) < 4.78 is -1.25. The SMILES string of the molecule is CN(C(=O)O)C1CCC2(CC1)CC(=O)C2(Cl)Cl. The molecule has 0 aromatic carbocycles.